The number of hydrogen-bond donors (Lipinski definition) is 2. The fraction of sp³-hybridized carbons (Fsp3) is 0.241. The van der Waals surface area contributed by atoms with Crippen molar-refractivity contribution < 1.29 is 37.0 Å². The van der Waals surface area contributed by atoms with Gasteiger partial charge >= 0.3 is 12.1 Å². The summed E-state index contributed by atoms with van der Waals surface area (Å²) in [5.74, 6) is -1.13. The summed E-state index contributed by atoms with van der Waals surface area (Å²) in [5.41, 5.74) is -0.0752. The summed E-state index contributed by atoms with van der Waals surface area (Å²) in [4.78, 5) is 24.1. The highest BCUT2D eigenvalue weighted by molar-refractivity contribution is 5.90. The Labute approximate surface area is 221 Å². The predicted octanol–water partition coefficient (Wildman–Crippen LogP) is 6.22. The number of alkyl halides is 3. The van der Waals surface area contributed by atoms with E-state index in [0.717, 1.165) is 23.4 Å². The largest absolute Gasteiger partial charge is 0.497 e. The highest BCUT2D eigenvalue weighted by Gasteiger charge is 2.31. The van der Waals surface area contributed by atoms with E-state index in [1.165, 1.54) is 31.2 Å². The molecule has 2 N–H and O–H groups in total. The van der Waals surface area contributed by atoms with E-state index < -0.39 is 28.9 Å². The Morgan fingerprint density at radius 2 is 1.82 bits per heavy atom. The first-order valence-electron chi connectivity index (χ1n) is 12.0. The summed E-state index contributed by atoms with van der Waals surface area (Å²) >= 11 is 0. The SMILES string of the molecule is COc1cccc([C@@H](C)NCCOc2cc(-c3ccc4oc(C(=O)O)c(C)c(=O)c4c3)cc(C(F)(F)F)c2)c1. The van der Waals surface area contributed by atoms with Gasteiger partial charge in [0.15, 0.2) is 5.43 Å². The van der Waals surface area contributed by atoms with E-state index in [-0.39, 0.29) is 40.5 Å². The number of carboxylic acids is 1. The van der Waals surface area contributed by atoms with Crippen LogP contribution in [0.4, 0.5) is 13.2 Å². The Kier molecular flexibility index (Phi) is 7.96. The Morgan fingerprint density at radius 3 is 2.51 bits per heavy atom. The van der Waals surface area contributed by atoms with Crippen molar-refractivity contribution in [1.82, 2.24) is 5.32 Å². The maximum atomic E-state index is 13.7. The molecule has 7 nitrogen and oxygen atoms in total. The first-order valence-corrected chi connectivity index (χ1v) is 12.0. The second kappa shape index (κ2) is 11.2. The van der Waals surface area contributed by atoms with E-state index in [2.05, 4.69) is 5.32 Å². The molecule has 0 bridgehead atoms. The molecule has 1 aromatic heterocycles. The molecule has 0 amide bonds. The molecule has 0 radical (unpaired) electrons. The minimum atomic E-state index is -4.63. The average Bonchev–Trinajstić information content (AvgIpc) is 2.92. The molecule has 0 saturated carbocycles. The first kappa shape index (κ1) is 27.7. The number of fused-ring (bicyclic) bond motifs is 1. The lowest BCUT2D eigenvalue weighted by molar-refractivity contribution is -0.137. The lowest BCUT2D eigenvalue weighted by Gasteiger charge is -2.17. The Balaban J connectivity index is 1.57. The number of hydrogen-bond acceptors (Lipinski definition) is 6. The molecule has 1 atom stereocenters. The minimum absolute atomic E-state index is 0.0141. The number of nitrogens with one attached hydrogen (secondary N) is 1. The summed E-state index contributed by atoms with van der Waals surface area (Å²) in [6, 6.07) is 15.1. The van der Waals surface area contributed by atoms with Crippen molar-refractivity contribution in [3.05, 3.63) is 93.3 Å². The lowest BCUT2D eigenvalue weighted by Crippen LogP contribution is -2.24. The molecule has 0 fully saturated rings. The van der Waals surface area contributed by atoms with Gasteiger partial charge in [0.2, 0.25) is 5.76 Å². The van der Waals surface area contributed by atoms with E-state index in [0.29, 0.717) is 12.1 Å². The van der Waals surface area contributed by atoms with Crippen LogP contribution in [0.15, 0.2) is 69.9 Å². The zero-order chi connectivity index (χ0) is 28.3. The quantitative estimate of drug-likeness (QED) is 0.243. The molecule has 204 valence electrons. The third-order valence-electron chi connectivity index (χ3n) is 6.29. The molecule has 0 spiro atoms. The van der Waals surface area contributed by atoms with Crippen LogP contribution in [-0.2, 0) is 6.18 Å². The van der Waals surface area contributed by atoms with E-state index in [9.17, 15) is 27.9 Å². The van der Waals surface area contributed by atoms with Crippen LogP contribution in [0.3, 0.4) is 0 Å². The molecule has 10 heteroatoms. The van der Waals surface area contributed by atoms with Gasteiger partial charge in [-0.3, -0.25) is 4.79 Å². The zero-order valence-corrected chi connectivity index (χ0v) is 21.4. The summed E-state index contributed by atoms with van der Waals surface area (Å²) in [6.45, 7) is 3.75. The second-order valence-electron chi connectivity index (χ2n) is 8.95. The van der Waals surface area contributed by atoms with Gasteiger partial charge in [-0.25, -0.2) is 4.79 Å². The maximum Gasteiger partial charge on any atom is 0.416 e. The number of halogens is 3. The third kappa shape index (κ3) is 6.23. The molecule has 0 unspecified atom stereocenters. The van der Waals surface area contributed by atoms with Gasteiger partial charge in [0.25, 0.3) is 0 Å². The number of benzene rings is 3. The van der Waals surface area contributed by atoms with Gasteiger partial charge in [0, 0.05) is 18.2 Å². The van der Waals surface area contributed by atoms with Crippen LogP contribution in [0.2, 0.25) is 0 Å². The van der Waals surface area contributed by atoms with Crippen LogP contribution in [0, 0.1) is 6.92 Å². The van der Waals surface area contributed by atoms with Gasteiger partial charge in [0.1, 0.15) is 23.7 Å². The van der Waals surface area contributed by atoms with Crippen molar-refractivity contribution in [3.63, 3.8) is 0 Å². The predicted molar refractivity (Wildman–Crippen MR) is 140 cm³/mol. The molecule has 4 aromatic rings. The molecular weight excluding hydrogens is 515 g/mol. The van der Waals surface area contributed by atoms with Crippen molar-refractivity contribution in [2.45, 2.75) is 26.1 Å². The van der Waals surface area contributed by atoms with Crippen LogP contribution in [-0.4, -0.2) is 31.3 Å². The van der Waals surface area contributed by atoms with E-state index in [4.69, 9.17) is 13.9 Å². The van der Waals surface area contributed by atoms with Crippen LogP contribution in [0.1, 0.15) is 40.2 Å². The molecule has 0 saturated heterocycles. The van der Waals surface area contributed by atoms with Crippen LogP contribution >= 0.6 is 0 Å². The summed E-state index contributed by atoms with van der Waals surface area (Å²) < 4.78 is 57.3. The molecule has 0 aliphatic carbocycles. The normalized spacial score (nSPS) is 12.4. The number of aromatic carboxylic acids is 1. The highest BCUT2D eigenvalue weighted by Crippen LogP contribution is 2.36. The molecule has 3 aromatic carbocycles. The highest BCUT2D eigenvalue weighted by atomic mass is 19.4. The van der Waals surface area contributed by atoms with Crippen molar-refractivity contribution in [2.75, 3.05) is 20.3 Å². The Bertz CT molecular complexity index is 1580. The van der Waals surface area contributed by atoms with Gasteiger partial charge in [0.05, 0.1) is 18.1 Å². The monoisotopic (exact) mass is 541 g/mol. The summed E-state index contributed by atoms with van der Waals surface area (Å²) in [6.07, 6.45) is -4.63. The van der Waals surface area contributed by atoms with Crippen LogP contribution in [0.5, 0.6) is 11.5 Å². The zero-order valence-electron chi connectivity index (χ0n) is 21.4. The molecule has 0 aliphatic heterocycles. The minimum Gasteiger partial charge on any atom is -0.497 e. The third-order valence-corrected chi connectivity index (χ3v) is 6.29. The molecule has 4 rings (SSSR count). The molecular formula is C29H26F3NO6. The number of rotatable bonds is 9. The fourth-order valence-corrected chi connectivity index (χ4v) is 4.16. The van der Waals surface area contributed by atoms with E-state index in [1.54, 1.807) is 7.11 Å². The van der Waals surface area contributed by atoms with Crippen LogP contribution < -0.4 is 20.2 Å². The van der Waals surface area contributed by atoms with E-state index in [1.807, 2.05) is 31.2 Å². The second-order valence-corrected chi connectivity index (χ2v) is 8.95. The first-order chi connectivity index (χ1) is 18.5. The Morgan fingerprint density at radius 1 is 1.05 bits per heavy atom. The molecule has 39 heavy (non-hydrogen) atoms. The topological polar surface area (TPSA) is 98.0 Å². The van der Waals surface area contributed by atoms with Crippen molar-refractivity contribution >= 4 is 16.9 Å². The number of methoxy groups -OCH3 is 1. The van der Waals surface area contributed by atoms with Gasteiger partial charge < -0.3 is 24.3 Å². The summed E-state index contributed by atoms with van der Waals surface area (Å²) in [5, 5.41) is 12.6. The van der Waals surface area contributed by atoms with Gasteiger partial charge in [-0.2, -0.15) is 13.2 Å². The van der Waals surface area contributed by atoms with Crippen molar-refractivity contribution in [3.8, 4) is 22.6 Å². The van der Waals surface area contributed by atoms with Crippen molar-refractivity contribution in [2.24, 2.45) is 0 Å². The standard InChI is InChI=1S/C29H26F3NO6/c1-16-26(34)24-14-19(7-8-25(24)39-27(16)28(35)36)20-11-21(29(30,31)32)15-23(13-20)38-10-9-33-17(2)18-5-4-6-22(12-18)37-3/h4-8,11-15,17,33H,9-10H2,1-3H3,(H,35,36)/t17-/m1/s1. The Hall–Kier alpha value is -4.31. The summed E-state index contributed by atoms with van der Waals surface area (Å²) in [7, 11) is 1.58. The number of carbonyl (C=O) groups is 1. The maximum absolute atomic E-state index is 13.7. The van der Waals surface area contributed by atoms with Gasteiger partial charge in [-0.15, -0.1) is 0 Å². The fourth-order valence-electron chi connectivity index (χ4n) is 4.16. The van der Waals surface area contributed by atoms with Gasteiger partial charge in [-0.1, -0.05) is 18.2 Å². The van der Waals surface area contributed by atoms with Gasteiger partial charge in [-0.05, 0) is 73.0 Å². The molecule has 0 aliphatic rings. The molecule has 1 heterocycles. The van der Waals surface area contributed by atoms with Crippen molar-refractivity contribution in [1.29, 1.82) is 0 Å². The van der Waals surface area contributed by atoms with E-state index >= 15 is 0 Å². The number of carboxylic acid groups (broad SMARTS) is 1. The smallest absolute Gasteiger partial charge is 0.416 e. The van der Waals surface area contributed by atoms with Crippen LogP contribution in [0.25, 0.3) is 22.1 Å². The number of ether oxygens (including phenoxy) is 2. The lowest BCUT2D eigenvalue weighted by atomic mass is 10.00. The average molecular weight is 542 g/mol.